The quantitative estimate of drug-likeness (QED) is 0.568. The molecule has 0 aliphatic rings. The number of benzene rings is 2. The van der Waals surface area contributed by atoms with Gasteiger partial charge in [0, 0.05) is 5.69 Å². The molecule has 0 fully saturated rings. The van der Waals surface area contributed by atoms with Crippen molar-refractivity contribution in [1.29, 1.82) is 10.5 Å². The number of nitrogens with zero attached hydrogens (tertiary/aromatic N) is 2. The SMILES string of the molecule is CCCCSc1c(F)c(C#N)c(C#N)c(F)c1Nc1ccccc1. The Morgan fingerprint density at radius 1 is 1.04 bits per heavy atom. The average Bonchev–Trinajstić information content (AvgIpc) is 2.61. The summed E-state index contributed by atoms with van der Waals surface area (Å²) in [5, 5.41) is 21.0. The van der Waals surface area contributed by atoms with Crippen molar-refractivity contribution in [3.05, 3.63) is 53.1 Å². The number of anilines is 2. The Hall–Kier alpha value is -2.57. The molecule has 6 heteroatoms. The number of thioether (sulfide) groups is 1. The lowest BCUT2D eigenvalue weighted by molar-refractivity contribution is 0.575. The maximum atomic E-state index is 14.7. The van der Waals surface area contributed by atoms with Crippen LogP contribution in [0.1, 0.15) is 30.9 Å². The summed E-state index contributed by atoms with van der Waals surface area (Å²) in [5.74, 6) is -1.17. The minimum absolute atomic E-state index is 0.0281. The molecule has 0 atom stereocenters. The van der Waals surface area contributed by atoms with Crippen LogP contribution < -0.4 is 5.32 Å². The van der Waals surface area contributed by atoms with Gasteiger partial charge in [-0.05, 0) is 24.3 Å². The first-order chi connectivity index (χ1) is 11.6. The van der Waals surface area contributed by atoms with Gasteiger partial charge in [0.15, 0.2) is 11.6 Å². The van der Waals surface area contributed by atoms with Crippen molar-refractivity contribution in [2.45, 2.75) is 24.7 Å². The third-order valence-corrected chi connectivity index (χ3v) is 4.51. The van der Waals surface area contributed by atoms with Crippen LogP contribution >= 0.6 is 11.8 Å². The van der Waals surface area contributed by atoms with Crippen LogP contribution in [-0.2, 0) is 0 Å². The van der Waals surface area contributed by atoms with E-state index < -0.39 is 22.8 Å². The van der Waals surface area contributed by atoms with Crippen molar-refractivity contribution in [2.75, 3.05) is 11.1 Å². The molecule has 0 amide bonds. The Labute approximate surface area is 143 Å². The predicted octanol–water partition coefficient (Wildman–Crippen LogP) is 5.34. The molecule has 1 N–H and O–H groups in total. The van der Waals surface area contributed by atoms with Gasteiger partial charge < -0.3 is 5.32 Å². The number of nitriles is 2. The normalized spacial score (nSPS) is 10.0. The maximum Gasteiger partial charge on any atom is 0.167 e. The Morgan fingerprint density at radius 2 is 1.67 bits per heavy atom. The van der Waals surface area contributed by atoms with E-state index in [1.54, 1.807) is 42.5 Å². The summed E-state index contributed by atoms with van der Waals surface area (Å²) in [6.45, 7) is 2.00. The highest BCUT2D eigenvalue weighted by atomic mass is 32.2. The zero-order chi connectivity index (χ0) is 17.5. The minimum Gasteiger partial charge on any atom is -0.352 e. The summed E-state index contributed by atoms with van der Waals surface area (Å²) in [5.41, 5.74) is -0.655. The van der Waals surface area contributed by atoms with Gasteiger partial charge in [0.1, 0.15) is 23.3 Å². The first-order valence-corrected chi connectivity index (χ1v) is 8.42. The number of hydrogen-bond donors (Lipinski definition) is 1. The lowest BCUT2D eigenvalue weighted by atomic mass is 10.1. The molecular weight excluding hydrogens is 328 g/mol. The van der Waals surface area contributed by atoms with Crippen LogP contribution in [0.15, 0.2) is 35.2 Å². The maximum absolute atomic E-state index is 14.7. The second-order valence-electron chi connectivity index (χ2n) is 5.00. The predicted molar refractivity (Wildman–Crippen MR) is 91.1 cm³/mol. The Balaban J connectivity index is 2.59. The standard InChI is InChI=1S/C18H15F2N3S/c1-2-3-9-24-18-16(20)14(11-22)13(10-21)15(19)17(18)23-12-7-5-4-6-8-12/h4-8,23H,2-3,9H2,1H3. The first kappa shape index (κ1) is 17.8. The molecule has 0 spiro atoms. The van der Waals surface area contributed by atoms with E-state index in [2.05, 4.69) is 5.32 Å². The molecule has 0 unspecified atom stereocenters. The van der Waals surface area contributed by atoms with Gasteiger partial charge in [-0.15, -0.1) is 11.8 Å². The van der Waals surface area contributed by atoms with Gasteiger partial charge in [-0.25, -0.2) is 8.78 Å². The number of hydrogen-bond acceptors (Lipinski definition) is 4. The summed E-state index contributed by atoms with van der Waals surface area (Å²) in [6.07, 6.45) is 1.75. The Bertz CT molecular complexity index is 808. The lowest BCUT2D eigenvalue weighted by Crippen LogP contribution is -2.05. The molecule has 0 aliphatic heterocycles. The monoisotopic (exact) mass is 343 g/mol. The third kappa shape index (κ3) is 3.67. The fraction of sp³-hybridized carbons (Fsp3) is 0.222. The number of unbranched alkanes of at least 4 members (excludes halogenated alkanes) is 1. The van der Waals surface area contributed by atoms with Gasteiger partial charge in [0.05, 0.1) is 10.6 Å². The van der Waals surface area contributed by atoms with Crippen molar-refractivity contribution in [1.82, 2.24) is 0 Å². The average molecular weight is 343 g/mol. The molecule has 3 nitrogen and oxygen atoms in total. The fourth-order valence-corrected chi connectivity index (χ4v) is 3.26. The van der Waals surface area contributed by atoms with Crippen LogP contribution in [0.5, 0.6) is 0 Å². The molecule has 2 rings (SSSR count). The van der Waals surface area contributed by atoms with Crippen LogP contribution in [0.4, 0.5) is 20.2 Å². The van der Waals surface area contributed by atoms with E-state index in [0.717, 1.165) is 24.6 Å². The molecular formula is C18H15F2N3S. The number of nitrogens with one attached hydrogen (secondary N) is 1. The molecule has 2 aromatic rings. The van der Waals surface area contributed by atoms with Crippen molar-refractivity contribution in [2.24, 2.45) is 0 Å². The number of rotatable bonds is 6. The molecule has 122 valence electrons. The second-order valence-corrected chi connectivity index (χ2v) is 6.10. The minimum atomic E-state index is -0.904. The van der Waals surface area contributed by atoms with Crippen molar-refractivity contribution in [3.8, 4) is 12.1 Å². The zero-order valence-electron chi connectivity index (χ0n) is 13.1. The van der Waals surface area contributed by atoms with Gasteiger partial charge in [-0.3, -0.25) is 0 Å². The van der Waals surface area contributed by atoms with E-state index in [1.165, 1.54) is 0 Å². The van der Waals surface area contributed by atoms with Gasteiger partial charge in [-0.1, -0.05) is 31.5 Å². The van der Waals surface area contributed by atoms with Crippen LogP contribution in [0, 0.1) is 34.3 Å². The highest BCUT2D eigenvalue weighted by Gasteiger charge is 2.25. The van der Waals surface area contributed by atoms with E-state index in [1.807, 2.05) is 6.92 Å². The van der Waals surface area contributed by atoms with Crippen LogP contribution in [0.25, 0.3) is 0 Å². The largest absolute Gasteiger partial charge is 0.352 e. The summed E-state index contributed by atoms with van der Waals surface area (Å²) in [4.78, 5) is 0.0281. The van der Waals surface area contributed by atoms with Crippen molar-refractivity contribution >= 4 is 23.1 Å². The molecule has 2 aromatic carbocycles. The first-order valence-electron chi connectivity index (χ1n) is 7.44. The van der Waals surface area contributed by atoms with Gasteiger partial charge in [0.25, 0.3) is 0 Å². The fourth-order valence-electron chi connectivity index (χ4n) is 2.11. The van der Waals surface area contributed by atoms with Gasteiger partial charge in [0.2, 0.25) is 0 Å². The van der Waals surface area contributed by atoms with Crippen LogP contribution in [0.2, 0.25) is 0 Å². The second kappa shape index (κ2) is 8.33. The molecule has 0 bridgehead atoms. The number of para-hydroxylation sites is 1. The van der Waals surface area contributed by atoms with E-state index in [-0.39, 0.29) is 10.6 Å². The molecule has 0 heterocycles. The molecule has 24 heavy (non-hydrogen) atoms. The summed E-state index contributed by atoms with van der Waals surface area (Å²) < 4.78 is 29.4. The van der Waals surface area contributed by atoms with E-state index in [0.29, 0.717) is 11.4 Å². The zero-order valence-corrected chi connectivity index (χ0v) is 13.9. The van der Waals surface area contributed by atoms with E-state index >= 15 is 0 Å². The third-order valence-electron chi connectivity index (χ3n) is 3.35. The smallest absolute Gasteiger partial charge is 0.167 e. The van der Waals surface area contributed by atoms with Crippen molar-refractivity contribution < 1.29 is 8.78 Å². The number of halogens is 2. The molecule has 0 saturated carbocycles. The molecule has 0 radical (unpaired) electrons. The highest BCUT2D eigenvalue weighted by molar-refractivity contribution is 7.99. The molecule has 0 saturated heterocycles. The van der Waals surface area contributed by atoms with E-state index in [9.17, 15) is 8.78 Å². The topological polar surface area (TPSA) is 59.6 Å². The Kier molecular flexibility index (Phi) is 6.17. The summed E-state index contributed by atoms with van der Waals surface area (Å²) >= 11 is 1.14. The molecule has 0 aromatic heterocycles. The Morgan fingerprint density at radius 3 is 2.25 bits per heavy atom. The summed E-state index contributed by atoms with van der Waals surface area (Å²) in [7, 11) is 0. The highest BCUT2D eigenvalue weighted by Crippen LogP contribution is 2.38. The van der Waals surface area contributed by atoms with Crippen LogP contribution in [0.3, 0.4) is 0 Å². The van der Waals surface area contributed by atoms with E-state index in [4.69, 9.17) is 10.5 Å². The van der Waals surface area contributed by atoms with Crippen molar-refractivity contribution in [3.63, 3.8) is 0 Å². The van der Waals surface area contributed by atoms with Crippen LogP contribution in [-0.4, -0.2) is 5.75 Å². The van der Waals surface area contributed by atoms with Gasteiger partial charge in [-0.2, -0.15) is 10.5 Å². The lowest BCUT2D eigenvalue weighted by Gasteiger charge is -2.16. The van der Waals surface area contributed by atoms with Gasteiger partial charge >= 0.3 is 0 Å². The molecule has 0 aliphatic carbocycles. The summed E-state index contributed by atoms with van der Waals surface area (Å²) in [6, 6.07) is 11.9.